The molecule has 0 unspecified atom stereocenters. The summed E-state index contributed by atoms with van der Waals surface area (Å²) in [7, 11) is 0. The van der Waals surface area contributed by atoms with Crippen LogP contribution in [0.4, 0.5) is 0 Å². The van der Waals surface area contributed by atoms with E-state index in [-0.39, 0.29) is 12.1 Å². The van der Waals surface area contributed by atoms with E-state index >= 15 is 0 Å². The Morgan fingerprint density at radius 3 is 2.80 bits per heavy atom. The summed E-state index contributed by atoms with van der Waals surface area (Å²) in [4.78, 5) is 12.6. The van der Waals surface area contributed by atoms with E-state index in [9.17, 15) is 4.79 Å². The number of rotatable bonds is 1. The average molecular weight is 216 g/mol. The van der Waals surface area contributed by atoms with Gasteiger partial charge in [-0.3, -0.25) is 0 Å². The quantitative estimate of drug-likeness (QED) is 0.685. The zero-order valence-corrected chi connectivity index (χ0v) is 8.66. The second-order valence-corrected chi connectivity index (χ2v) is 4.37. The first-order valence-electron chi connectivity index (χ1n) is 4.69. The normalized spacial score (nSPS) is 18.7. The molecule has 0 saturated carbocycles. The summed E-state index contributed by atoms with van der Waals surface area (Å²) in [6.45, 7) is 0. The van der Waals surface area contributed by atoms with Gasteiger partial charge in [0.2, 0.25) is 0 Å². The standard InChI is InChI=1S/C12H8O2S/c13-12-9-5-2-1-4-8(9)11(14-12)10-6-3-7-15-10/h1-7,11H/t11-/m1/s1. The zero-order chi connectivity index (χ0) is 10.3. The molecule has 2 aromatic rings. The van der Waals surface area contributed by atoms with Crippen LogP contribution in [0.2, 0.25) is 0 Å². The van der Waals surface area contributed by atoms with Crippen LogP contribution in [0, 0.1) is 0 Å². The van der Waals surface area contributed by atoms with Crippen molar-refractivity contribution in [1.29, 1.82) is 0 Å². The number of esters is 1. The van der Waals surface area contributed by atoms with Crippen molar-refractivity contribution >= 4 is 17.3 Å². The number of thiophene rings is 1. The molecule has 0 radical (unpaired) electrons. The third-order valence-electron chi connectivity index (χ3n) is 2.49. The first-order valence-corrected chi connectivity index (χ1v) is 5.57. The van der Waals surface area contributed by atoms with Crippen LogP contribution in [0.15, 0.2) is 41.8 Å². The third kappa shape index (κ3) is 1.27. The molecule has 2 heterocycles. The Balaban J connectivity index is 2.13. The highest BCUT2D eigenvalue weighted by molar-refractivity contribution is 7.10. The Morgan fingerprint density at radius 1 is 1.13 bits per heavy atom. The fraction of sp³-hybridized carbons (Fsp3) is 0.0833. The Hall–Kier alpha value is -1.61. The van der Waals surface area contributed by atoms with Crippen LogP contribution in [0.25, 0.3) is 0 Å². The number of fused-ring (bicyclic) bond motifs is 1. The van der Waals surface area contributed by atoms with E-state index in [0.29, 0.717) is 5.56 Å². The van der Waals surface area contributed by atoms with E-state index in [1.165, 1.54) is 0 Å². The SMILES string of the molecule is O=C1O[C@@H](c2cccs2)c2ccccc21. The van der Waals surface area contributed by atoms with Gasteiger partial charge >= 0.3 is 5.97 Å². The van der Waals surface area contributed by atoms with Gasteiger partial charge in [-0.2, -0.15) is 0 Å². The van der Waals surface area contributed by atoms with Gasteiger partial charge < -0.3 is 4.74 Å². The number of cyclic esters (lactones) is 1. The van der Waals surface area contributed by atoms with Crippen molar-refractivity contribution in [2.75, 3.05) is 0 Å². The van der Waals surface area contributed by atoms with Crippen molar-refractivity contribution in [2.45, 2.75) is 6.10 Å². The lowest BCUT2D eigenvalue weighted by molar-refractivity contribution is 0.0461. The fourth-order valence-electron chi connectivity index (χ4n) is 1.80. The highest BCUT2D eigenvalue weighted by Gasteiger charge is 2.31. The average Bonchev–Trinajstić information content (AvgIpc) is 2.87. The predicted molar refractivity (Wildman–Crippen MR) is 58.0 cm³/mol. The van der Waals surface area contributed by atoms with Crippen molar-refractivity contribution in [1.82, 2.24) is 0 Å². The highest BCUT2D eigenvalue weighted by Crippen LogP contribution is 2.37. The molecule has 0 bridgehead atoms. The lowest BCUT2D eigenvalue weighted by Crippen LogP contribution is -1.97. The minimum Gasteiger partial charge on any atom is -0.448 e. The van der Waals surface area contributed by atoms with Gasteiger partial charge in [0.05, 0.1) is 5.56 Å². The molecule has 0 fully saturated rings. The molecule has 1 aliphatic heterocycles. The number of hydrogen-bond acceptors (Lipinski definition) is 3. The Morgan fingerprint density at radius 2 is 2.00 bits per heavy atom. The number of carbonyl (C=O) groups excluding carboxylic acids is 1. The number of carbonyl (C=O) groups is 1. The van der Waals surface area contributed by atoms with E-state index in [4.69, 9.17) is 4.74 Å². The van der Waals surface area contributed by atoms with Crippen LogP contribution in [-0.2, 0) is 4.74 Å². The smallest absolute Gasteiger partial charge is 0.339 e. The summed E-state index contributed by atoms with van der Waals surface area (Å²) in [5.74, 6) is -0.219. The lowest BCUT2D eigenvalue weighted by atomic mass is 10.0. The monoisotopic (exact) mass is 216 g/mol. The van der Waals surface area contributed by atoms with Crippen molar-refractivity contribution in [3.05, 3.63) is 57.8 Å². The molecule has 0 amide bonds. The van der Waals surface area contributed by atoms with Gasteiger partial charge in [-0.05, 0) is 17.5 Å². The maximum atomic E-state index is 11.6. The van der Waals surface area contributed by atoms with E-state index in [0.717, 1.165) is 10.4 Å². The Bertz CT molecular complexity index is 502. The molecule has 1 atom stereocenters. The molecule has 0 spiro atoms. The van der Waals surface area contributed by atoms with Crippen LogP contribution in [0.1, 0.15) is 26.9 Å². The van der Waals surface area contributed by atoms with Crippen molar-refractivity contribution in [3.8, 4) is 0 Å². The van der Waals surface area contributed by atoms with E-state index < -0.39 is 0 Å². The third-order valence-corrected chi connectivity index (χ3v) is 3.41. The number of hydrogen-bond donors (Lipinski definition) is 0. The summed E-state index contributed by atoms with van der Waals surface area (Å²) < 4.78 is 5.35. The lowest BCUT2D eigenvalue weighted by Gasteiger charge is -2.07. The highest BCUT2D eigenvalue weighted by atomic mass is 32.1. The van der Waals surface area contributed by atoms with Gasteiger partial charge in [-0.1, -0.05) is 24.3 Å². The minimum absolute atomic E-state index is 0.200. The molecule has 1 aromatic carbocycles. The van der Waals surface area contributed by atoms with Crippen LogP contribution < -0.4 is 0 Å². The maximum Gasteiger partial charge on any atom is 0.339 e. The first kappa shape index (κ1) is 8.68. The topological polar surface area (TPSA) is 26.3 Å². The van der Waals surface area contributed by atoms with Gasteiger partial charge in [0.15, 0.2) is 6.10 Å². The Labute approximate surface area is 91.1 Å². The van der Waals surface area contributed by atoms with Crippen molar-refractivity contribution < 1.29 is 9.53 Å². The summed E-state index contributed by atoms with van der Waals surface area (Å²) in [6, 6.07) is 11.5. The van der Waals surface area contributed by atoms with Crippen LogP contribution in [-0.4, -0.2) is 5.97 Å². The molecule has 3 heteroatoms. The van der Waals surface area contributed by atoms with E-state index in [1.54, 1.807) is 11.3 Å². The summed E-state index contributed by atoms with van der Waals surface area (Å²) in [6.07, 6.45) is -0.200. The summed E-state index contributed by atoms with van der Waals surface area (Å²) in [5.41, 5.74) is 1.67. The second kappa shape index (κ2) is 3.21. The fourth-order valence-corrected chi connectivity index (χ4v) is 2.57. The molecule has 3 rings (SSSR count). The molecule has 15 heavy (non-hydrogen) atoms. The molecular formula is C12H8O2S. The zero-order valence-electron chi connectivity index (χ0n) is 7.84. The molecule has 1 aliphatic rings. The first-order chi connectivity index (χ1) is 7.36. The number of benzene rings is 1. The van der Waals surface area contributed by atoms with Gasteiger partial charge in [0.25, 0.3) is 0 Å². The largest absolute Gasteiger partial charge is 0.448 e. The molecule has 0 N–H and O–H groups in total. The van der Waals surface area contributed by atoms with Gasteiger partial charge in [-0.25, -0.2) is 4.79 Å². The van der Waals surface area contributed by atoms with Crippen LogP contribution >= 0.6 is 11.3 Å². The van der Waals surface area contributed by atoms with Gasteiger partial charge in [0, 0.05) is 10.4 Å². The molecule has 0 aliphatic carbocycles. The van der Waals surface area contributed by atoms with Crippen molar-refractivity contribution in [3.63, 3.8) is 0 Å². The van der Waals surface area contributed by atoms with Gasteiger partial charge in [-0.15, -0.1) is 11.3 Å². The summed E-state index contributed by atoms with van der Waals surface area (Å²) >= 11 is 1.61. The van der Waals surface area contributed by atoms with Crippen LogP contribution in [0.5, 0.6) is 0 Å². The van der Waals surface area contributed by atoms with Gasteiger partial charge in [0.1, 0.15) is 0 Å². The second-order valence-electron chi connectivity index (χ2n) is 3.39. The molecular weight excluding hydrogens is 208 g/mol. The van der Waals surface area contributed by atoms with E-state index in [1.807, 2.05) is 41.8 Å². The molecule has 0 saturated heterocycles. The minimum atomic E-state index is -0.219. The van der Waals surface area contributed by atoms with Crippen LogP contribution in [0.3, 0.4) is 0 Å². The van der Waals surface area contributed by atoms with Crippen molar-refractivity contribution in [2.24, 2.45) is 0 Å². The number of ether oxygens (including phenoxy) is 1. The molecule has 1 aromatic heterocycles. The molecule has 74 valence electrons. The summed E-state index contributed by atoms with van der Waals surface area (Å²) in [5, 5.41) is 1.99. The maximum absolute atomic E-state index is 11.6. The molecule has 2 nitrogen and oxygen atoms in total. The Kier molecular flexibility index (Phi) is 1.86. The predicted octanol–water partition coefficient (Wildman–Crippen LogP) is 3.01. The van der Waals surface area contributed by atoms with E-state index in [2.05, 4.69) is 0 Å².